The average Bonchev–Trinajstić information content (AvgIpc) is 2.14. The Morgan fingerprint density at radius 1 is 1.50 bits per heavy atom. The first-order valence-electron chi connectivity index (χ1n) is 6.38. The van der Waals surface area contributed by atoms with Crippen molar-refractivity contribution >= 4 is 5.78 Å². The van der Waals surface area contributed by atoms with E-state index in [0.717, 1.165) is 6.42 Å². The van der Waals surface area contributed by atoms with Crippen molar-refractivity contribution in [3.8, 4) is 0 Å². The van der Waals surface area contributed by atoms with Crippen molar-refractivity contribution < 1.29 is 9.53 Å². The summed E-state index contributed by atoms with van der Waals surface area (Å²) in [6.45, 7) is 8.27. The Hall–Kier alpha value is -0.630. The van der Waals surface area contributed by atoms with Crippen LogP contribution in [0.1, 0.15) is 46.0 Å². The van der Waals surface area contributed by atoms with E-state index in [1.54, 1.807) is 6.08 Å². The molecule has 1 atom stereocenters. The van der Waals surface area contributed by atoms with E-state index in [-0.39, 0.29) is 11.9 Å². The van der Waals surface area contributed by atoms with E-state index >= 15 is 0 Å². The summed E-state index contributed by atoms with van der Waals surface area (Å²) < 4.78 is 5.59. The minimum Gasteiger partial charge on any atom is -0.366 e. The smallest absolute Gasteiger partial charge is 0.161 e. The van der Waals surface area contributed by atoms with Crippen LogP contribution >= 0.6 is 0 Å². The summed E-state index contributed by atoms with van der Waals surface area (Å²) in [5.41, 5.74) is 0. The maximum atomic E-state index is 12.0. The predicted octanol–water partition coefficient (Wildman–Crippen LogP) is 3.36. The molecule has 0 saturated heterocycles. The molecule has 1 fully saturated rings. The van der Waals surface area contributed by atoms with Crippen LogP contribution in [-0.2, 0) is 9.53 Å². The lowest BCUT2D eigenvalue weighted by Crippen LogP contribution is -2.30. The lowest BCUT2D eigenvalue weighted by Gasteiger charge is -2.29. The van der Waals surface area contributed by atoms with Gasteiger partial charge in [0.25, 0.3) is 0 Å². The van der Waals surface area contributed by atoms with Gasteiger partial charge in [-0.25, -0.2) is 0 Å². The van der Waals surface area contributed by atoms with Gasteiger partial charge in [-0.15, -0.1) is 6.58 Å². The second-order valence-corrected chi connectivity index (χ2v) is 5.21. The molecule has 1 saturated carbocycles. The van der Waals surface area contributed by atoms with E-state index in [0.29, 0.717) is 24.9 Å². The van der Waals surface area contributed by atoms with Crippen LogP contribution in [0.3, 0.4) is 0 Å². The van der Waals surface area contributed by atoms with E-state index in [1.807, 2.05) is 0 Å². The standard InChI is InChI=1S/C14H24O2/c1-4-8-16-14(10-12-6-5-7-12)13(15)9-11(2)3/h4,11-12,14H,1,5-10H2,2-3H3. The van der Waals surface area contributed by atoms with Gasteiger partial charge in [-0.2, -0.15) is 0 Å². The van der Waals surface area contributed by atoms with Gasteiger partial charge in [-0.1, -0.05) is 39.2 Å². The van der Waals surface area contributed by atoms with Crippen LogP contribution in [0.15, 0.2) is 12.7 Å². The molecule has 0 N–H and O–H groups in total. The van der Waals surface area contributed by atoms with Crippen LogP contribution in [0.25, 0.3) is 0 Å². The van der Waals surface area contributed by atoms with E-state index < -0.39 is 0 Å². The quantitative estimate of drug-likeness (QED) is 0.591. The lowest BCUT2D eigenvalue weighted by atomic mass is 9.80. The Labute approximate surface area is 99.1 Å². The monoisotopic (exact) mass is 224 g/mol. The second kappa shape index (κ2) is 6.85. The summed E-state index contributed by atoms with van der Waals surface area (Å²) in [6, 6.07) is 0. The highest BCUT2D eigenvalue weighted by Crippen LogP contribution is 2.31. The van der Waals surface area contributed by atoms with Crippen molar-refractivity contribution in [2.75, 3.05) is 6.61 Å². The molecule has 1 aliphatic carbocycles. The first kappa shape index (κ1) is 13.4. The second-order valence-electron chi connectivity index (χ2n) is 5.21. The predicted molar refractivity (Wildman–Crippen MR) is 66.4 cm³/mol. The molecule has 1 rings (SSSR count). The summed E-state index contributed by atoms with van der Waals surface area (Å²) in [6.07, 6.45) is 6.93. The number of ketones is 1. The first-order valence-corrected chi connectivity index (χ1v) is 6.38. The largest absolute Gasteiger partial charge is 0.366 e. The zero-order valence-corrected chi connectivity index (χ0v) is 10.6. The summed E-state index contributed by atoms with van der Waals surface area (Å²) in [4.78, 5) is 12.0. The fraction of sp³-hybridized carbons (Fsp3) is 0.786. The Morgan fingerprint density at radius 3 is 2.62 bits per heavy atom. The molecule has 0 radical (unpaired) electrons. The van der Waals surface area contributed by atoms with Crippen LogP contribution in [0.2, 0.25) is 0 Å². The Balaban J connectivity index is 2.40. The molecule has 0 aliphatic heterocycles. The summed E-state index contributed by atoms with van der Waals surface area (Å²) in [7, 11) is 0. The zero-order chi connectivity index (χ0) is 12.0. The number of ether oxygens (including phenoxy) is 1. The molecule has 92 valence electrons. The number of carbonyl (C=O) groups is 1. The van der Waals surface area contributed by atoms with Crippen molar-refractivity contribution in [1.29, 1.82) is 0 Å². The average molecular weight is 224 g/mol. The van der Waals surface area contributed by atoms with Gasteiger partial charge < -0.3 is 4.74 Å². The van der Waals surface area contributed by atoms with Gasteiger partial charge in [0.2, 0.25) is 0 Å². The molecule has 0 bridgehead atoms. The van der Waals surface area contributed by atoms with Gasteiger partial charge in [0.15, 0.2) is 5.78 Å². The molecular formula is C14H24O2. The van der Waals surface area contributed by atoms with Gasteiger partial charge in [0.1, 0.15) is 6.10 Å². The molecule has 16 heavy (non-hydrogen) atoms. The maximum Gasteiger partial charge on any atom is 0.161 e. The van der Waals surface area contributed by atoms with Crippen LogP contribution in [0, 0.1) is 11.8 Å². The Morgan fingerprint density at radius 2 is 2.19 bits per heavy atom. The molecule has 0 aromatic carbocycles. The maximum absolute atomic E-state index is 12.0. The minimum absolute atomic E-state index is 0.189. The van der Waals surface area contributed by atoms with Crippen LogP contribution in [-0.4, -0.2) is 18.5 Å². The molecular weight excluding hydrogens is 200 g/mol. The molecule has 0 amide bonds. The fourth-order valence-corrected chi connectivity index (χ4v) is 2.04. The van der Waals surface area contributed by atoms with Crippen molar-refractivity contribution in [3.05, 3.63) is 12.7 Å². The third-order valence-corrected chi connectivity index (χ3v) is 3.16. The summed E-state index contributed by atoms with van der Waals surface area (Å²) >= 11 is 0. The van der Waals surface area contributed by atoms with E-state index in [1.165, 1.54) is 19.3 Å². The number of carbonyl (C=O) groups excluding carboxylic acids is 1. The molecule has 0 spiro atoms. The van der Waals surface area contributed by atoms with E-state index in [4.69, 9.17) is 4.74 Å². The highest BCUT2D eigenvalue weighted by Gasteiger charge is 2.27. The van der Waals surface area contributed by atoms with E-state index in [9.17, 15) is 4.79 Å². The molecule has 2 heteroatoms. The number of rotatable bonds is 8. The van der Waals surface area contributed by atoms with Crippen molar-refractivity contribution in [1.82, 2.24) is 0 Å². The van der Waals surface area contributed by atoms with Crippen LogP contribution < -0.4 is 0 Å². The topological polar surface area (TPSA) is 26.3 Å². The Kier molecular flexibility index (Phi) is 5.75. The highest BCUT2D eigenvalue weighted by molar-refractivity contribution is 5.83. The fourth-order valence-electron chi connectivity index (χ4n) is 2.04. The van der Waals surface area contributed by atoms with Crippen molar-refractivity contribution in [2.24, 2.45) is 11.8 Å². The first-order chi connectivity index (χ1) is 7.63. The third-order valence-electron chi connectivity index (χ3n) is 3.16. The number of hydrogen-bond acceptors (Lipinski definition) is 2. The van der Waals surface area contributed by atoms with Gasteiger partial charge in [-0.05, 0) is 18.3 Å². The highest BCUT2D eigenvalue weighted by atomic mass is 16.5. The zero-order valence-electron chi connectivity index (χ0n) is 10.6. The lowest BCUT2D eigenvalue weighted by molar-refractivity contribution is -0.132. The molecule has 0 heterocycles. The number of Topliss-reactive ketones (excluding diaryl/α,β-unsaturated/α-hetero) is 1. The third kappa shape index (κ3) is 4.48. The summed E-state index contributed by atoms with van der Waals surface area (Å²) in [5.74, 6) is 1.40. The molecule has 1 unspecified atom stereocenters. The van der Waals surface area contributed by atoms with E-state index in [2.05, 4.69) is 20.4 Å². The van der Waals surface area contributed by atoms with Crippen LogP contribution in [0.5, 0.6) is 0 Å². The van der Waals surface area contributed by atoms with Gasteiger partial charge in [0.05, 0.1) is 6.61 Å². The van der Waals surface area contributed by atoms with Gasteiger partial charge >= 0.3 is 0 Å². The van der Waals surface area contributed by atoms with Crippen molar-refractivity contribution in [3.63, 3.8) is 0 Å². The van der Waals surface area contributed by atoms with Gasteiger partial charge in [-0.3, -0.25) is 4.79 Å². The SMILES string of the molecule is C=CCOC(CC1CCC1)C(=O)CC(C)C. The number of hydrogen-bond donors (Lipinski definition) is 0. The molecule has 0 aromatic heterocycles. The summed E-state index contributed by atoms with van der Waals surface area (Å²) in [5, 5.41) is 0. The normalized spacial score (nSPS) is 18.2. The molecule has 1 aliphatic rings. The molecule has 0 aromatic rings. The molecule has 2 nitrogen and oxygen atoms in total. The Bertz CT molecular complexity index is 229. The van der Waals surface area contributed by atoms with Crippen molar-refractivity contribution in [2.45, 2.75) is 52.1 Å². The van der Waals surface area contributed by atoms with Crippen LogP contribution in [0.4, 0.5) is 0 Å². The minimum atomic E-state index is -0.189. The van der Waals surface area contributed by atoms with Gasteiger partial charge in [0, 0.05) is 6.42 Å².